The van der Waals surface area contributed by atoms with Crippen molar-refractivity contribution in [2.24, 2.45) is 0 Å². The van der Waals surface area contributed by atoms with E-state index in [4.69, 9.17) is 4.74 Å². The van der Waals surface area contributed by atoms with Crippen LogP contribution in [-0.4, -0.2) is 50.6 Å². The minimum absolute atomic E-state index is 0.0394. The number of aromatic nitrogens is 3. The Labute approximate surface area is 111 Å². The van der Waals surface area contributed by atoms with Gasteiger partial charge < -0.3 is 14.2 Å². The first-order valence-corrected chi connectivity index (χ1v) is 6.33. The van der Waals surface area contributed by atoms with Gasteiger partial charge in [-0.05, 0) is 27.2 Å². The van der Waals surface area contributed by atoms with Crippen LogP contribution in [0.4, 0.5) is 9.18 Å². The first-order chi connectivity index (χ1) is 8.87. The van der Waals surface area contributed by atoms with Gasteiger partial charge in [-0.15, -0.1) is 10.2 Å². The molecule has 1 aromatic heterocycles. The van der Waals surface area contributed by atoms with Crippen LogP contribution in [0.1, 0.15) is 33.2 Å². The summed E-state index contributed by atoms with van der Waals surface area (Å²) in [6.07, 6.45) is 1.92. The number of carbonyl (C=O) groups excluding carboxylic acids is 1. The summed E-state index contributed by atoms with van der Waals surface area (Å²) in [4.78, 5) is 13.3. The first kappa shape index (κ1) is 13.8. The Bertz CT molecular complexity index is 429. The molecular formula is C12H19FN4O2. The molecule has 0 aromatic carbocycles. The fraction of sp³-hybridized carbons (Fsp3) is 0.750. The lowest BCUT2D eigenvalue weighted by Crippen LogP contribution is -2.47. The van der Waals surface area contributed by atoms with Gasteiger partial charge in [-0.2, -0.15) is 0 Å². The van der Waals surface area contributed by atoms with E-state index < -0.39 is 17.9 Å². The number of piperidine rings is 1. The molecule has 0 aliphatic carbocycles. The minimum atomic E-state index is -1.14. The Morgan fingerprint density at radius 3 is 2.53 bits per heavy atom. The molecule has 2 rings (SSSR count). The predicted octanol–water partition coefficient (Wildman–Crippen LogP) is 1.80. The highest BCUT2D eigenvalue weighted by Gasteiger charge is 2.34. The molecule has 1 saturated heterocycles. The van der Waals surface area contributed by atoms with Crippen LogP contribution in [0.15, 0.2) is 12.7 Å². The third kappa shape index (κ3) is 3.42. The van der Waals surface area contributed by atoms with E-state index >= 15 is 0 Å². The number of ether oxygens (including phenoxy) is 1. The lowest BCUT2D eigenvalue weighted by atomic mass is 10.0. The van der Waals surface area contributed by atoms with Crippen molar-refractivity contribution in [3.8, 4) is 0 Å². The van der Waals surface area contributed by atoms with Gasteiger partial charge in [0.15, 0.2) is 0 Å². The number of amides is 1. The maximum Gasteiger partial charge on any atom is 0.410 e. The van der Waals surface area contributed by atoms with Crippen LogP contribution in [0.5, 0.6) is 0 Å². The lowest BCUT2D eigenvalue weighted by molar-refractivity contribution is 0.00672. The number of nitrogens with zero attached hydrogens (tertiary/aromatic N) is 4. The number of alkyl halides is 1. The maximum absolute atomic E-state index is 14.1. The Hall–Kier alpha value is -1.66. The van der Waals surface area contributed by atoms with E-state index in [9.17, 15) is 9.18 Å². The number of carbonyl (C=O) groups is 1. The topological polar surface area (TPSA) is 60.2 Å². The first-order valence-electron chi connectivity index (χ1n) is 6.33. The zero-order valence-corrected chi connectivity index (χ0v) is 11.4. The monoisotopic (exact) mass is 270 g/mol. The molecule has 2 atom stereocenters. The van der Waals surface area contributed by atoms with Gasteiger partial charge in [0.1, 0.15) is 24.4 Å². The average molecular weight is 270 g/mol. The Kier molecular flexibility index (Phi) is 3.73. The number of rotatable bonds is 1. The van der Waals surface area contributed by atoms with Crippen molar-refractivity contribution in [2.75, 3.05) is 13.1 Å². The number of likely N-dealkylation sites (tertiary alicyclic amines) is 1. The molecule has 7 heteroatoms. The van der Waals surface area contributed by atoms with Crippen LogP contribution in [0.3, 0.4) is 0 Å². The molecule has 0 saturated carbocycles. The van der Waals surface area contributed by atoms with E-state index in [1.54, 1.807) is 25.3 Å². The lowest BCUT2D eigenvalue weighted by Gasteiger charge is -2.35. The van der Waals surface area contributed by atoms with E-state index in [1.165, 1.54) is 17.6 Å². The van der Waals surface area contributed by atoms with Crippen LogP contribution in [0.2, 0.25) is 0 Å². The molecule has 0 radical (unpaired) electrons. The van der Waals surface area contributed by atoms with Gasteiger partial charge in [-0.25, -0.2) is 9.18 Å². The zero-order valence-electron chi connectivity index (χ0n) is 11.4. The van der Waals surface area contributed by atoms with Crippen molar-refractivity contribution in [3.63, 3.8) is 0 Å². The second kappa shape index (κ2) is 5.14. The molecule has 1 aliphatic heterocycles. The number of hydrogen-bond donors (Lipinski definition) is 0. The molecular weight excluding hydrogens is 251 g/mol. The summed E-state index contributed by atoms with van der Waals surface area (Å²) in [6.45, 7) is 5.89. The van der Waals surface area contributed by atoms with Crippen molar-refractivity contribution >= 4 is 6.09 Å². The summed E-state index contributed by atoms with van der Waals surface area (Å²) in [5.74, 6) is 0. The van der Waals surface area contributed by atoms with Crippen LogP contribution in [-0.2, 0) is 4.74 Å². The molecule has 106 valence electrons. The SMILES string of the molecule is CC(C)(C)OC(=O)N1CCC(n2cnnc2)C(F)C1. The van der Waals surface area contributed by atoms with Gasteiger partial charge in [0.05, 0.1) is 12.6 Å². The summed E-state index contributed by atoms with van der Waals surface area (Å²) < 4.78 is 21.0. The normalized spacial score (nSPS) is 24.3. The average Bonchev–Trinajstić information content (AvgIpc) is 2.79. The molecule has 1 aromatic rings. The third-order valence-corrected chi connectivity index (χ3v) is 2.98. The van der Waals surface area contributed by atoms with Crippen molar-refractivity contribution in [2.45, 2.75) is 45.0 Å². The van der Waals surface area contributed by atoms with Crippen molar-refractivity contribution in [1.29, 1.82) is 0 Å². The van der Waals surface area contributed by atoms with E-state index in [0.29, 0.717) is 13.0 Å². The Morgan fingerprint density at radius 2 is 2.00 bits per heavy atom. The fourth-order valence-electron chi connectivity index (χ4n) is 2.10. The summed E-state index contributed by atoms with van der Waals surface area (Å²) in [5, 5.41) is 7.35. The van der Waals surface area contributed by atoms with Crippen molar-refractivity contribution in [3.05, 3.63) is 12.7 Å². The molecule has 0 spiro atoms. The van der Waals surface area contributed by atoms with Crippen LogP contribution >= 0.6 is 0 Å². The Balaban J connectivity index is 1.95. The molecule has 1 fully saturated rings. The summed E-state index contributed by atoms with van der Waals surface area (Å²) in [7, 11) is 0. The summed E-state index contributed by atoms with van der Waals surface area (Å²) >= 11 is 0. The second-order valence-electron chi connectivity index (χ2n) is 5.71. The predicted molar refractivity (Wildman–Crippen MR) is 66.4 cm³/mol. The molecule has 0 N–H and O–H groups in total. The molecule has 2 unspecified atom stereocenters. The minimum Gasteiger partial charge on any atom is -0.444 e. The van der Waals surface area contributed by atoms with E-state index in [2.05, 4.69) is 10.2 Å². The maximum atomic E-state index is 14.1. The molecule has 2 heterocycles. The third-order valence-electron chi connectivity index (χ3n) is 2.98. The number of halogens is 1. The van der Waals surface area contributed by atoms with Gasteiger partial charge in [0.2, 0.25) is 0 Å². The van der Waals surface area contributed by atoms with Gasteiger partial charge in [0.25, 0.3) is 0 Å². The van der Waals surface area contributed by atoms with E-state index in [1.807, 2.05) is 0 Å². The van der Waals surface area contributed by atoms with Gasteiger partial charge >= 0.3 is 6.09 Å². The largest absolute Gasteiger partial charge is 0.444 e. The molecule has 6 nitrogen and oxygen atoms in total. The van der Waals surface area contributed by atoms with Crippen molar-refractivity contribution < 1.29 is 13.9 Å². The van der Waals surface area contributed by atoms with Crippen LogP contribution < -0.4 is 0 Å². The van der Waals surface area contributed by atoms with E-state index in [0.717, 1.165) is 0 Å². The smallest absolute Gasteiger partial charge is 0.410 e. The molecule has 19 heavy (non-hydrogen) atoms. The summed E-state index contributed by atoms with van der Waals surface area (Å²) in [6, 6.07) is -0.311. The van der Waals surface area contributed by atoms with Gasteiger partial charge in [0, 0.05) is 6.54 Å². The molecule has 1 aliphatic rings. The van der Waals surface area contributed by atoms with Gasteiger partial charge in [-0.3, -0.25) is 0 Å². The van der Waals surface area contributed by atoms with Crippen molar-refractivity contribution in [1.82, 2.24) is 19.7 Å². The number of hydrogen-bond acceptors (Lipinski definition) is 4. The Morgan fingerprint density at radius 1 is 1.37 bits per heavy atom. The summed E-state index contributed by atoms with van der Waals surface area (Å²) in [5.41, 5.74) is -0.561. The molecule has 1 amide bonds. The molecule has 0 bridgehead atoms. The highest BCUT2D eigenvalue weighted by atomic mass is 19.1. The highest BCUT2D eigenvalue weighted by molar-refractivity contribution is 5.68. The van der Waals surface area contributed by atoms with Crippen LogP contribution in [0, 0.1) is 0 Å². The fourth-order valence-corrected chi connectivity index (χ4v) is 2.10. The quantitative estimate of drug-likeness (QED) is 0.780. The van der Waals surface area contributed by atoms with E-state index in [-0.39, 0.29) is 12.6 Å². The standard InChI is InChI=1S/C12H19FN4O2/c1-12(2,3)19-11(18)16-5-4-10(9(13)6-16)17-7-14-15-8-17/h7-10H,4-6H2,1-3H3. The highest BCUT2D eigenvalue weighted by Crippen LogP contribution is 2.26. The van der Waals surface area contributed by atoms with Crippen LogP contribution in [0.25, 0.3) is 0 Å². The second-order valence-corrected chi connectivity index (χ2v) is 5.71. The zero-order chi connectivity index (χ0) is 14.0. The van der Waals surface area contributed by atoms with Gasteiger partial charge in [-0.1, -0.05) is 0 Å².